The summed E-state index contributed by atoms with van der Waals surface area (Å²) >= 11 is 0. The zero-order valence-corrected chi connectivity index (χ0v) is 26.5. The Labute approximate surface area is 268 Å². The van der Waals surface area contributed by atoms with Gasteiger partial charge < -0.3 is 10.6 Å². The van der Waals surface area contributed by atoms with Crippen molar-refractivity contribution >= 4 is 17.8 Å². The molecule has 1 aromatic carbocycles. The molecule has 234 valence electrons. The second-order valence-electron chi connectivity index (χ2n) is 11.7. The molecule has 5 aromatic rings. The molecule has 1 aliphatic rings. The Hall–Kier alpha value is -5.57. The van der Waals surface area contributed by atoms with E-state index in [1.165, 1.54) is 0 Å². The summed E-state index contributed by atoms with van der Waals surface area (Å²) in [5.74, 6) is 1.09. The molecule has 0 atom stereocenters. The number of nitriles is 1. The number of carbonyl (C=O) groups excluding carboxylic acids is 1. The van der Waals surface area contributed by atoms with Gasteiger partial charge in [-0.2, -0.15) is 15.5 Å². The van der Waals surface area contributed by atoms with Crippen LogP contribution in [0.15, 0.2) is 67.3 Å². The van der Waals surface area contributed by atoms with Gasteiger partial charge in [0.15, 0.2) is 0 Å². The van der Waals surface area contributed by atoms with Crippen molar-refractivity contribution in [1.29, 1.82) is 5.26 Å². The van der Waals surface area contributed by atoms with E-state index in [-0.39, 0.29) is 18.1 Å². The molecule has 6 rings (SSSR count). The van der Waals surface area contributed by atoms with Crippen molar-refractivity contribution in [3.63, 3.8) is 0 Å². The lowest BCUT2D eigenvalue weighted by Crippen LogP contribution is -2.49. The molecule has 0 bridgehead atoms. The first-order valence-corrected chi connectivity index (χ1v) is 15.4. The minimum absolute atomic E-state index is 0.0382. The van der Waals surface area contributed by atoms with E-state index < -0.39 is 0 Å². The Morgan fingerprint density at radius 2 is 1.78 bits per heavy atom. The topological polar surface area (TPSA) is 142 Å². The quantitative estimate of drug-likeness (QED) is 0.239. The van der Waals surface area contributed by atoms with Gasteiger partial charge in [-0.25, -0.2) is 19.7 Å². The number of aromatic nitrogens is 7. The van der Waals surface area contributed by atoms with Crippen molar-refractivity contribution in [2.24, 2.45) is 14.1 Å². The van der Waals surface area contributed by atoms with Crippen LogP contribution in [0.5, 0.6) is 0 Å². The van der Waals surface area contributed by atoms with Gasteiger partial charge in [-0.1, -0.05) is 30.3 Å². The summed E-state index contributed by atoms with van der Waals surface area (Å²) in [5.41, 5.74) is 6.53. The van der Waals surface area contributed by atoms with Crippen LogP contribution in [0.25, 0.3) is 22.4 Å². The van der Waals surface area contributed by atoms with Gasteiger partial charge in [-0.15, -0.1) is 0 Å². The fraction of sp³-hybridized carbons (Fsp3) is 0.324. The lowest BCUT2D eigenvalue weighted by Gasteiger charge is -2.36. The van der Waals surface area contributed by atoms with Crippen LogP contribution in [0.4, 0.5) is 16.6 Å². The molecular formula is C34H37N11O. The molecule has 1 fully saturated rings. The third-order valence-electron chi connectivity index (χ3n) is 8.59. The van der Waals surface area contributed by atoms with Gasteiger partial charge in [0.05, 0.1) is 29.3 Å². The van der Waals surface area contributed by atoms with E-state index in [2.05, 4.69) is 31.9 Å². The Balaban J connectivity index is 1.18. The molecule has 12 nitrogen and oxygen atoms in total. The summed E-state index contributed by atoms with van der Waals surface area (Å²) in [6, 6.07) is 15.9. The van der Waals surface area contributed by atoms with Crippen LogP contribution >= 0.6 is 0 Å². The van der Waals surface area contributed by atoms with Crippen molar-refractivity contribution in [3.8, 4) is 28.5 Å². The van der Waals surface area contributed by atoms with Crippen LogP contribution in [0.3, 0.4) is 0 Å². The fourth-order valence-corrected chi connectivity index (χ4v) is 6.09. The lowest BCUT2D eigenvalue weighted by atomic mass is 9.90. The van der Waals surface area contributed by atoms with Crippen LogP contribution in [-0.4, -0.2) is 52.6 Å². The molecule has 4 heterocycles. The predicted octanol–water partition coefficient (Wildman–Crippen LogP) is 5.30. The molecular weight excluding hydrogens is 578 g/mol. The average molecular weight is 616 g/mol. The van der Waals surface area contributed by atoms with Crippen LogP contribution in [0, 0.1) is 25.2 Å². The second kappa shape index (κ2) is 13.2. The molecule has 0 aliphatic heterocycles. The van der Waals surface area contributed by atoms with Gasteiger partial charge in [0.1, 0.15) is 11.9 Å². The van der Waals surface area contributed by atoms with E-state index in [1.54, 1.807) is 32.9 Å². The molecule has 4 aromatic heterocycles. The monoisotopic (exact) mass is 615 g/mol. The number of hydrogen-bond acceptors (Lipinski definition) is 8. The molecule has 1 saturated carbocycles. The van der Waals surface area contributed by atoms with E-state index in [1.807, 2.05) is 76.6 Å². The zero-order chi connectivity index (χ0) is 32.2. The van der Waals surface area contributed by atoms with Crippen molar-refractivity contribution in [3.05, 3.63) is 89.8 Å². The first-order valence-electron chi connectivity index (χ1n) is 15.4. The third kappa shape index (κ3) is 6.44. The molecule has 2 amide bonds. The summed E-state index contributed by atoms with van der Waals surface area (Å²) in [4.78, 5) is 29.5. The van der Waals surface area contributed by atoms with Crippen molar-refractivity contribution in [1.82, 2.24) is 39.8 Å². The Kier molecular flexibility index (Phi) is 8.74. The first kappa shape index (κ1) is 30.5. The number of benzene rings is 1. The molecule has 2 N–H and O–H groups in total. The normalized spacial score (nSPS) is 16.1. The Morgan fingerprint density at radius 1 is 1.00 bits per heavy atom. The minimum atomic E-state index is -0.177. The average Bonchev–Trinajstić information content (AvgIpc) is 3.62. The molecule has 46 heavy (non-hydrogen) atoms. The number of nitrogens with one attached hydrogen (secondary N) is 2. The van der Waals surface area contributed by atoms with Crippen molar-refractivity contribution in [2.75, 3.05) is 10.2 Å². The summed E-state index contributed by atoms with van der Waals surface area (Å²) < 4.78 is 3.55. The van der Waals surface area contributed by atoms with Crippen LogP contribution in [0.2, 0.25) is 0 Å². The highest BCUT2D eigenvalue weighted by atomic mass is 16.2. The van der Waals surface area contributed by atoms with Gasteiger partial charge in [-0.05, 0) is 57.2 Å². The second-order valence-corrected chi connectivity index (χ2v) is 11.7. The number of urea groups is 1. The fourth-order valence-electron chi connectivity index (χ4n) is 6.09. The largest absolute Gasteiger partial charge is 0.351 e. The maximum absolute atomic E-state index is 13.7. The molecule has 0 radical (unpaired) electrons. The van der Waals surface area contributed by atoms with Crippen LogP contribution < -0.4 is 15.5 Å². The lowest BCUT2D eigenvalue weighted by molar-refractivity contribution is 0.240. The predicted molar refractivity (Wildman–Crippen MR) is 176 cm³/mol. The number of anilines is 2. The highest BCUT2D eigenvalue weighted by molar-refractivity contribution is 5.91. The molecule has 1 aliphatic carbocycles. The molecule has 0 saturated heterocycles. The maximum atomic E-state index is 13.7. The SMILES string of the molecule is Cc1nn(C)c(C)c1-c1nc(N[C@H]2CC[C@H](N(C(=O)NCc3ccccc3)c3ccc(-c4cnn(C)c4)cn3)CC2)ncc1C#N. The Bertz CT molecular complexity index is 1860. The van der Waals surface area contributed by atoms with Gasteiger partial charge in [0.25, 0.3) is 0 Å². The number of rotatable bonds is 8. The highest BCUT2D eigenvalue weighted by Gasteiger charge is 2.31. The molecule has 12 heteroatoms. The van der Waals surface area contributed by atoms with E-state index in [0.717, 1.165) is 59.3 Å². The molecule has 0 unspecified atom stereocenters. The summed E-state index contributed by atoms with van der Waals surface area (Å²) in [6.07, 6.45) is 10.3. The van der Waals surface area contributed by atoms with Gasteiger partial charge in [0, 0.05) is 67.5 Å². The molecule has 0 spiro atoms. The van der Waals surface area contributed by atoms with Crippen molar-refractivity contribution in [2.45, 2.75) is 58.2 Å². The number of hydrogen-bond donors (Lipinski definition) is 2. The van der Waals surface area contributed by atoms with E-state index >= 15 is 0 Å². The van der Waals surface area contributed by atoms with Gasteiger partial charge in [-0.3, -0.25) is 14.3 Å². The summed E-state index contributed by atoms with van der Waals surface area (Å²) in [7, 11) is 3.76. The summed E-state index contributed by atoms with van der Waals surface area (Å²) in [6.45, 7) is 4.31. The number of carbonyl (C=O) groups is 1. The number of pyridine rings is 1. The minimum Gasteiger partial charge on any atom is -0.351 e. The van der Waals surface area contributed by atoms with Crippen LogP contribution in [-0.2, 0) is 20.6 Å². The number of amides is 2. The van der Waals surface area contributed by atoms with E-state index in [4.69, 9.17) is 9.97 Å². The third-order valence-corrected chi connectivity index (χ3v) is 8.59. The van der Waals surface area contributed by atoms with E-state index in [0.29, 0.717) is 29.6 Å². The standard InChI is InChI=1S/C34H37N11O/c1-22-31(23(2)44(4)42-22)32-26(16-35)19-37-33(41-32)40-28-11-13-29(14-12-28)45(34(46)38-17-24-8-6-5-7-9-24)30-15-10-25(18-36-30)27-20-39-43(3)21-27/h5-10,15,18-21,28-29H,11-14,17H2,1-4H3,(H,38,46)(H,37,40,41)/t28-,29-. The zero-order valence-electron chi connectivity index (χ0n) is 26.5. The van der Waals surface area contributed by atoms with E-state index in [9.17, 15) is 10.1 Å². The van der Waals surface area contributed by atoms with Crippen LogP contribution in [0.1, 0.15) is 48.2 Å². The Morgan fingerprint density at radius 3 is 2.41 bits per heavy atom. The van der Waals surface area contributed by atoms with Gasteiger partial charge in [0.2, 0.25) is 5.95 Å². The smallest absolute Gasteiger partial charge is 0.323 e. The highest BCUT2D eigenvalue weighted by Crippen LogP contribution is 2.31. The first-order chi connectivity index (χ1) is 22.3. The van der Waals surface area contributed by atoms with Gasteiger partial charge >= 0.3 is 6.03 Å². The number of nitrogens with zero attached hydrogens (tertiary/aromatic N) is 9. The number of aryl methyl sites for hydroxylation is 3. The summed E-state index contributed by atoms with van der Waals surface area (Å²) in [5, 5.41) is 25.1. The maximum Gasteiger partial charge on any atom is 0.323 e. The van der Waals surface area contributed by atoms with Crippen molar-refractivity contribution < 1.29 is 4.79 Å².